The third-order valence-corrected chi connectivity index (χ3v) is 1.86. The predicted molar refractivity (Wildman–Crippen MR) is 56.4 cm³/mol. The number of nitrogen functional groups attached to an aromatic ring is 1. The minimum absolute atomic E-state index is 0.0271. The average molecular weight is 204 g/mol. The zero-order valence-corrected chi connectivity index (χ0v) is 8.16. The zero-order valence-electron chi connectivity index (χ0n) is 8.16. The highest BCUT2D eigenvalue weighted by Crippen LogP contribution is 2.17. The van der Waals surface area contributed by atoms with Crippen LogP contribution in [0.4, 0.5) is 10.1 Å². The summed E-state index contributed by atoms with van der Waals surface area (Å²) in [6, 6.07) is 3.09. The summed E-state index contributed by atoms with van der Waals surface area (Å²) in [7, 11) is 0. The molecule has 0 fully saturated rings. The summed E-state index contributed by atoms with van der Waals surface area (Å²) >= 11 is 0. The minimum Gasteiger partial charge on any atom is -0.398 e. The topological polar surface area (TPSA) is 74.8 Å². The van der Waals surface area contributed by atoms with Crippen molar-refractivity contribution in [2.75, 3.05) is 12.3 Å². The summed E-state index contributed by atoms with van der Waals surface area (Å²) in [6.07, 6.45) is 0. The SMILES string of the molecule is Cc1c(N)ccc(C#CCN=[N+]=[N-])c1F. The number of hydrogen-bond acceptors (Lipinski definition) is 2. The first-order chi connectivity index (χ1) is 7.16. The third-order valence-electron chi connectivity index (χ3n) is 1.86. The van der Waals surface area contributed by atoms with Crippen LogP contribution >= 0.6 is 0 Å². The zero-order chi connectivity index (χ0) is 11.3. The summed E-state index contributed by atoms with van der Waals surface area (Å²) in [5.74, 6) is 4.68. The maximum absolute atomic E-state index is 13.5. The second kappa shape index (κ2) is 4.89. The lowest BCUT2D eigenvalue weighted by Gasteiger charge is -2.02. The molecule has 0 heterocycles. The van der Waals surface area contributed by atoms with E-state index >= 15 is 0 Å². The Morgan fingerprint density at radius 3 is 3.00 bits per heavy atom. The molecule has 5 heteroatoms. The lowest BCUT2D eigenvalue weighted by molar-refractivity contribution is 0.616. The maximum Gasteiger partial charge on any atom is 0.143 e. The van der Waals surface area contributed by atoms with Crippen molar-refractivity contribution in [2.24, 2.45) is 5.11 Å². The molecule has 0 amide bonds. The van der Waals surface area contributed by atoms with Crippen LogP contribution in [0.5, 0.6) is 0 Å². The van der Waals surface area contributed by atoms with Crippen molar-refractivity contribution in [1.82, 2.24) is 0 Å². The summed E-state index contributed by atoms with van der Waals surface area (Å²) in [6.45, 7) is 1.61. The van der Waals surface area contributed by atoms with Gasteiger partial charge in [-0.2, -0.15) is 0 Å². The number of halogens is 1. The first-order valence-electron chi connectivity index (χ1n) is 4.21. The van der Waals surface area contributed by atoms with Gasteiger partial charge >= 0.3 is 0 Å². The van der Waals surface area contributed by atoms with Gasteiger partial charge in [0, 0.05) is 16.2 Å². The van der Waals surface area contributed by atoms with Gasteiger partial charge in [0.25, 0.3) is 0 Å². The molecule has 15 heavy (non-hydrogen) atoms. The Balaban J connectivity index is 2.99. The Labute approximate surface area is 86.5 Å². The highest BCUT2D eigenvalue weighted by Gasteiger charge is 2.05. The van der Waals surface area contributed by atoms with Crippen LogP contribution in [-0.4, -0.2) is 6.54 Å². The molecule has 0 spiro atoms. The molecule has 0 aromatic heterocycles. The first kappa shape index (κ1) is 10.9. The Kier molecular flexibility index (Phi) is 3.55. The van der Waals surface area contributed by atoms with Crippen LogP contribution in [0.3, 0.4) is 0 Å². The second-order valence-corrected chi connectivity index (χ2v) is 2.83. The van der Waals surface area contributed by atoms with E-state index in [0.717, 1.165) is 0 Å². The number of nitrogens with two attached hydrogens (primary N) is 1. The largest absolute Gasteiger partial charge is 0.398 e. The second-order valence-electron chi connectivity index (χ2n) is 2.83. The normalized spacial score (nSPS) is 8.67. The molecule has 0 bridgehead atoms. The van der Waals surface area contributed by atoms with Gasteiger partial charge in [0.2, 0.25) is 0 Å². The molecular formula is C10H9FN4. The molecule has 0 saturated carbocycles. The van der Waals surface area contributed by atoms with Crippen molar-refractivity contribution in [2.45, 2.75) is 6.92 Å². The predicted octanol–water partition coefficient (Wildman–Crippen LogP) is 2.38. The van der Waals surface area contributed by atoms with Gasteiger partial charge in [-0.15, -0.1) is 0 Å². The van der Waals surface area contributed by atoms with E-state index in [1.807, 2.05) is 0 Å². The maximum atomic E-state index is 13.5. The van der Waals surface area contributed by atoms with Crippen LogP contribution in [0.1, 0.15) is 11.1 Å². The van der Waals surface area contributed by atoms with Gasteiger partial charge in [0.1, 0.15) is 5.82 Å². The van der Waals surface area contributed by atoms with Crippen molar-refractivity contribution in [3.05, 3.63) is 39.5 Å². The van der Waals surface area contributed by atoms with Gasteiger partial charge < -0.3 is 5.73 Å². The Morgan fingerprint density at radius 2 is 2.33 bits per heavy atom. The molecule has 1 rings (SSSR count). The molecule has 0 aliphatic carbocycles. The van der Waals surface area contributed by atoms with Gasteiger partial charge in [-0.05, 0) is 24.6 Å². The highest BCUT2D eigenvalue weighted by molar-refractivity contribution is 5.52. The fourth-order valence-electron chi connectivity index (χ4n) is 0.998. The van der Waals surface area contributed by atoms with Gasteiger partial charge in [-0.25, -0.2) is 4.39 Å². The number of azide groups is 1. The lowest BCUT2D eigenvalue weighted by atomic mass is 10.1. The van der Waals surface area contributed by atoms with Crippen LogP contribution in [0.2, 0.25) is 0 Å². The monoisotopic (exact) mass is 204 g/mol. The summed E-state index contributed by atoms with van der Waals surface area (Å²) in [5, 5.41) is 3.22. The summed E-state index contributed by atoms with van der Waals surface area (Å²) < 4.78 is 13.5. The number of benzene rings is 1. The molecular weight excluding hydrogens is 195 g/mol. The standard InChI is InChI=1S/C10H9FN4/c1-7-9(12)5-4-8(10(7)11)3-2-6-14-15-13/h4-5H,6,12H2,1H3. The molecule has 0 unspecified atom stereocenters. The van der Waals surface area contributed by atoms with Crippen molar-refractivity contribution < 1.29 is 4.39 Å². The summed E-state index contributed by atoms with van der Waals surface area (Å²) in [4.78, 5) is 2.53. The van der Waals surface area contributed by atoms with Crippen LogP contribution < -0.4 is 5.73 Å². The molecule has 76 valence electrons. The van der Waals surface area contributed by atoms with Crippen molar-refractivity contribution in [3.63, 3.8) is 0 Å². The molecule has 2 N–H and O–H groups in total. The van der Waals surface area contributed by atoms with E-state index in [1.165, 1.54) is 6.07 Å². The van der Waals surface area contributed by atoms with E-state index < -0.39 is 5.82 Å². The van der Waals surface area contributed by atoms with Crippen molar-refractivity contribution in [1.29, 1.82) is 0 Å². The lowest BCUT2D eigenvalue weighted by Crippen LogP contribution is -1.95. The first-order valence-corrected chi connectivity index (χ1v) is 4.21. The van der Waals surface area contributed by atoms with Crippen LogP contribution in [-0.2, 0) is 0 Å². The van der Waals surface area contributed by atoms with Crippen LogP contribution in [0, 0.1) is 24.6 Å². The van der Waals surface area contributed by atoms with Gasteiger partial charge in [-0.3, -0.25) is 0 Å². The van der Waals surface area contributed by atoms with Crippen LogP contribution in [0.15, 0.2) is 17.2 Å². The van der Waals surface area contributed by atoms with E-state index in [4.69, 9.17) is 11.3 Å². The Morgan fingerprint density at radius 1 is 1.60 bits per heavy atom. The quantitative estimate of drug-likeness (QED) is 0.246. The number of hydrogen-bond donors (Lipinski definition) is 1. The molecule has 0 aliphatic rings. The molecule has 0 atom stereocenters. The van der Waals surface area contributed by atoms with Gasteiger partial charge in [-0.1, -0.05) is 17.0 Å². The molecule has 1 aromatic rings. The number of rotatable bonds is 1. The Hall–Kier alpha value is -2.18. The average Bonchev–Trinajstić information content (AvgIpc) is 2.24. The van der Waals surface area contributed by atoms with E-state index in [-0.39, 0.29) is 12.1 Å². The molecule has 0 radical (unpaired) electrons. The van der Waals surface area contributed by atoms with E-state index in [1.54, 1.807) is 13.0 Å². The minimum atomic E-state index is -0.427. The van der Waals surface area contributed by atoms with Crippen molar-refractivity contribution >= 4 is 5.69 Å². The van der Waals surface area contributed by atoms with Gasteiger partial charge in [0.15, 0.2) is 0 Å². The Bertz CT molecular complexity index is 478. The van der Waals surface area contributed by atoms with Crippen molar-refractivity contribution in [3.8, 4) is 11.8 Å². The van der Waals surface area contributed by atoms with E-state index in [0.29, 0.717) is 11.3 Å². The smallest absolute Gasteiger partial charge is 0.143 e. The fraction of sp³-hybridized carbons (Fsp3) is 0.200. The highest BCUT2D eigenvalue weighted by atomic mass is 19.1. The summed E-state index contributed by atoms with van der Waals surface area (Å²) in [5.41, 5.74) is 14.5. The molecule has 0 saturated heterocycles. The third kappa shape index (κ3) is 2.63. The number of nitrogens with zero attached hydrogens (tertiary/aromatic N) is 3. The molecule has 4 nitrogen and oxygen atoms in total. The number of anilines is 1. The van der Waals surface area contributed by atoms with Gasteiger partial charge in [0.05, 0.1) is 12.1 Å². The van der Waals surface area contributed by atoms with E-state index in [2.05, 4.69) is 21.9 Å². The molecule has 0 aliphatic heterocycles. The molecule has 1 aromatic carbocycles. The van der Waals surface area contributed by atoms with Crippen LogP contribution in [0.25, 0.3) is 10.4 Å². The van der Waals surface area contributed by atoms with E-state index in [9.17, 15) is 4.39 Å². The fourth-order valence-corrected chi connectivity index (χ4v) is 0.998.